The molecule has 2 N–H and O–H groups in total. The molecule has 0 fully saturated rings. The molecule has 0 aliphatic heterocycles. The van der Waals surface area contributed by atoms with E-state index in [0.29, 0.717) is 10.7 Å². The largest absolute Gasteiger partial charge is 0.455 e. The molecule has 0 spiro atoms. The van der Waals surface area contributed by atoms with Crippen LogP contribution >= 0.6 is 11.6 Å². The maximum absolute atomic E-state index is 6.02. The fraction of sp³-hybridized carbons (Fsp3) is 0.200. The van der Waals surface area contributed by atoms with Crippen LogP contribution in [0.2, 0.25) is 5.02 Å². The van der Waals surface area contributed by atoms with E-state index < -0.39 is 0 Å². The molecule has 2 nitrogen and oxygen atoms in total. The molecule has 0 heterocycles. The van der Waals surface area contributed by atoms with Crippen molar-refractivity contribution in [2.24, 2.45) is 0 Å². The lowest BCUT2D eigenvalue weighted by atomic mass is 10.1. The van der Waals surface area contributed by atoms with Gasteiger partial charge in [0.15, 0.2) is 5.75 Å². The Morgan fingerprint density at radius 3 is 2.39 bits per heavy atom. The minimum Gasteiger partial charge on any atom is -0.455 e. The average molecular weight is 260 g/mol. The van der Waals surface area contributed by atoms with Crippen LogP contribution in [0.15, 0.2) is 36.4 Å². The average Bonchev–Trinajstić information content (AvgIpc) is 2.79. The van der Waals surface area contributed by atoms with Crippen LogP contribution in [0, 0.1) is 0 Å². The SMILES string of the molecule is Nc1cc2c(cc1Oc1ccc(Cl)cc1)CCC2. The van der Waals surface area contributed by atoms with E-state index in [9.17, 15) is 0 Å². The number of aryl methyl sites for hydroxylation is 2. The minimum absolute atomic E-state index is 0.698. The molecule has 0 atom stereocenters. The minimum atomic E-state index is 0.698. The zero-order chi connectivity index (χ0) is 12.5. The molecule has 2 aromatic rings. The predicted octanol–water partition coefficient (Wildman–Crippen LogP) is 4.20. The second kappa shape index (κ2) is 4.54. The number of halogens is 1. The standard InChI is InChI=1S/C15H14ClNO/c16-12-4-6-13(7-5-12)18-15-9-11-3-1-2-10(11)8-14(15)17/h4-9H,1-3,17H2. The first-order valence-electron chi connectivity index (χ1n) is 6.07. The monoisotopic (exact) mass is 259 g/mol. The van der Waals surface area contributed by atoms with Crippen molar-refractivity contribution in [2.75, 3.05) is 5.73 Å². The number of rotatable bonds is 2. The number of anilines is 1. The molecule has 0 aromatic heterocycles. The van der Waals surface area contributed by atoms with E-state index in [1.807, 2.05) is 18.2 Å². The Balaban J connectivity index is 1.90. The summed E-state index contributed by atoms with van der Waals surface area (Å²) in [5.41, 5.74) is 9.43. The van der Waals surface area contributed by atoms with Gasteiger partial charge in [0.05, 0.1) is 5.69 Å². The van der Waals surface area contributed by atoms with Gasteiger partial charge in [-0.25, -0.2) is 0 Å². The fourth-order valence-electron chi connectivity index (χ4n) is 2.34. The summed E-state index contributed by atoms with van der Waals surface area (Å²) in [6.45, 7) is 0. The molecule has 1 aliphatic carbocycles. The van der Waals surface area contributed by atoms with Gasteiger partial charge in [0, 0.05) is 5.02 Å². The Hall–Kier alpha value is -1.67. The van der Waals surface area contributed by atoms with E-state index >= 15 is 0 Å². The van der Waals surface area contributed by atoms with Gasteiger partial charge < -0.3 is 10.5 Å². The summed E-state index contributed by atoms with van der Waals surface area (Å²) in [4.78, 5) is 0. The van der Waals surface area contributed by atoms with Crippen molar-refractivity contribution in [3.8, 4) is 11.5 Å². The van der Waals surface area contributed by atoms with E-state index in [1.54, 1.807) is 12.1 Å². The molecule has 3 heteroatoms. The lowest BCUT2D eigenvalue weighted by molar-refractivity contribution is 0.484. The van der Waals surface area contributed by atoms with Crippen LogP contribution < -0.4 is 10.5 Å². The third-order valence-corrected chi connectivity index (χ3v) is 3.52. The highest BCUT2D eigenvalue weighted by Gasteiger charge is 2.14. The van der Waals surface area contributed by atoms with Crippen LogP contribution in [0.3, 0.4) is 0 Å². The Kier molecular flexibility index (Phi) is 2.88. The second-order valence-electron chi connectivity index (χ2n) is 4.57. The summed E-state index contributed by atoms with van der Waals surface area (Å²) in [5, 5.41) is 0.698. The number of nitrogen functional groups attached to an aromatic ring is 1. The Labute approximate surface area is 111 Å². The first-order valence-corrected chi connectivity index (χ1v) is 6.45. The van der Waals surface area contributed by atoms with Crippen molar-refractivity contribution in [1.29, 1.82) is 0 Å². The highest BCUT2D eigenvalue weighted by Crippen LogP contribution is 2.34. The first-order chi connectivity index (χ1) is 8.72. The summed E-state index contributed by atoms with van der Waals surface area (Å²) in [5.74, 6) is 1.49. The molecule has 0 radical (unpaired) electrons. The summed E-state index contributed by atoms with van der Waals surface area (Å²) < 4.78 is 5.81. The highest BCUT2D eigenvalue weighted by molar-refractivity contribution is 6.30. The van der Waals surface area contributed by atoms with E-state index in [-0.39, 0.29) is 0 Å². The molecule has 0 amide bonds. The van der Waals surface area contributed by atoms with Gasteiger partial charge in [-0.3, -0.25) is 0 Å². The number of nitrogens with two attached hydrogens (primary N) is 1. The summed E-state index contributed by atoms with van der Waals surface area (Å²) in [6.07, 6.45) is 3.45. The van der Waals surface area contributed by atoms with E-state index in [4.69, 9.17) is 22.1 Å². The van der Waals surface area contributed by atoms with Gasteiger partial charge in [0.2, 0.25) is 0 Å². The second-order valence-corrected chi connectivity index (χ2v) is 5.00. The van der Waals surface area contributed by atoms with Crippen molar-refractivity contribution >= 4 is 17.3 Å². The molecule has 3 rings (SSSR count). The van der Waals surface area contributed by atoms with Crippen molar-refractivity contribution < 1.29 is 4.74 Å². The molecule has 0 unspecified atom stereocenters. The molecule has 1 aliphatic rings. The van der Waals surface area contributed by atoms with Gasteiger partial charge in [0.25, 0.3) is 0 Å². The van der Waals surface area contributed by atoms with Crippen molar-refractivity contribution in [3.63, 3.8) is 0 Å². The van der Waals surface area contributed by atoms with Crippen molar-refractivity contribution in [3.05, 3.63) is 52.5 Å². The molecular formula is C15H14ClNO. The Morgan fingerprint density at radius 1 is 1.00 bits per heavy atom. The summed E-state index contributed by atoms with van der Waals surface area (Å²) >= 11 is 5.84. The van der Waals surface area contributed by atoms with Gasteiger partial charge in [0.1, 0.15) is 5.75 Å². The predicted molar refractivity (Wildman–Crippen MR) is 74.4 cm³/mol. The molecule has 18 heavy (non-hydrogen) atoms. The van der Waals surface area contributed by atoms with Crippen LogP contribution in [-0.2, 0) is 12.8 Å². The van der Waals surface area contributed by atoms with Gasteiger partial charge in [-0.05, 0) is 66.8 Å². The third kappa shape index (κ3) is 2.16. The van der Waals surface area contributed by atoms with E-state index in [2.05, 4.69) is 6.07 Å². The van der Waals surface area contributed by atoms with Crippen LogP contribution in [0.1, 0.15) is 17.5 Å². The lowest BCUT2D eigenvalue weighted by Gasteiger charge is -2.11. The van der Waals surface area contributed by atoms with Gasteiger partial charge in [-0.1, -0.05) is 11.6 Å². The number of ether oxygens (including phenoxy) is 1. The van der Waals surface area contributed by atoms with E-state index in [1.165, 1.54) is 17.5 Å². The van der Waals surface area contributed by atoms with Crippen LogP contribution in [0.4, 0.5) is 5.69 Å². The number of hydrogen-bond donors (Lipinski definition) is 1. The topological polar surface area (TPSA) is 35.2 Å². The van der Waals surface area contributed by atoms with E-state index in [0.717, 1.165) is 24.3 Å². The Morgan fingerprint density at radius 2 is 1.67 bits per heavy atom. The smallest absolute Gasteiger partial charge is 0.150 e. The molecular weight excluding hydrogens is 246 g/mol. The number of hydrogen-bond acceptors (Lipinski definition) is 2. The highest BCUT2D eigenvalue weighted by atomic mass is 35.5. The molecule has 2 aromatic carbocycles. The van der Waals surface area contributed by atoms with Crippen molar-refractivity contribution in [1.82, 2.24) is 0 Å². The van der Waals surface area contributed by atoms with Crippen LogP contribution in [0.25, 0.3) is 0 Å². The van der Waals surface area contributed by atoms with Gasteiger partial charge in [-0.2, -0.15) is 0 Å². The zero-order valence-electron chi connectivity index (χ0n) is 9.95. The quantitative estimate of drug-likeness (QED) is 0.821. The third-order valence-electron chi connectivity index (χ3n) is 3.27. The first kappa shape index (κ1) is 11.4. The lowest BCUT2D eigenvalue weighted by Crippen LogP contribution is -1.95. The maximum Gasteiger partial charge on any atom is 0.150 e. The van der Waals surface area contributed by atoms with Crippen LogP contribution in [-0.4, -0.2) is 0 Å². The molecule has 92 valence electrons. The fourth-order valence-corrected chi connectivity index (χ4v) is 2.46. The van der Waals surface area contributed by atoms with Gasteiger partial charge >= 0.3 is 0 Å². The summed E-state index contributed by atoms with van der Waals surface area (Å²) in [6, 6.07) is 11.4. The molecule has 0 bridgehead atoms. The number of fused-ring (bicyclic) bond motifs is 1. The van der Waals surface area contributed by atoms with Gasteiger partial charge in [-0.15, -0.1) is 0 Å². The maximum atomic E-state index is 6.02. The van der Waals surface area contributed by atoms with Crippen molar-refractivity contribution in [2.45, 2.75) is 19.3 Å². The zero-order valence-corrected chi connectivity index (χ0v) is 10.7. The summed E-state index contributed by atoms with van der Waals surface area (Å²) in [7, 11) is 0. The normalized spacial score (nSPS) is 13.4. The number of benzene rings is 2. The molecule has 0 saturated heterocycles. The van der Waals surface area contributed by atoms with Crippen LogP contribution in [0.5, 0.6) is 11.5 Å². The Bertz CT molecular complexity index is 578. The molecule has 0 saturated carbocycles.